The summed E-state index contributed by atoms with van der Waals surface area (Å²) in [7, 11) is 0. The first-order chi connectivity index (χ1) is 16.2. The van der Waals surface area contributed by atoms with E-state index in [0.717, 1.165) is 42.5 Å². The van der Waals surface area contributed by atoms with E-state index in [1.54, 1.807) is 0 Å². The molecule has 0 N–H and O–H groups in total. The van der Waals surface area contributed by atoms with E-state index in [2.05, 4.69) is 12.0 Å². The number of nitrogens with zero attached hydrogens (tertiary/aromatic N) is 4. The Bertz CT molecular complexity index is 1340. The van der Waals surface area contributed by atoms with Crippen molar-refractivity contribution in [2.45, 2.75) is 45.7 Å². The Morgan fingerprint density at radius 3 is 2.36 bits per heavy atom. The van der Waals surface area contributed by atoms with Crippen molar-refractivity contribution in [3.63, 3.8) is 0 Å². The standard InChI is InChI=1S/C27H28N4O2/c1-2-3-4-11-16-29-19-22-25(27(29)33)30(18-20-12-7-5-8-13-20)24-17-23(28-31(24)26(22)32)21-14-9-6-10-15-21/h5-10,12-15,17H,2-4,11,16,18-19H2,1H3. The number of aromatic nitrogens is 3. The van der Waals surface area contributed by atoms with Gasteiger partial charge in [0.2, 0.25) is 0 Å². The quantitative estimate of drug-likeness (QED) is 0.372. The van der Waals surface area contributed by atoms with Crippen LogP contribution in [-0.4, -0.2) is 31.5 Å². The maximum atomic E-state index is 13.5. The van der Waals surface area contributed by atoms with Gasteiger partial charge in [0.25, 0.3) is 11.5 Å². The van der Waals surface area contributed by atoms with Gasteiger partial charge >= 0.3 is 0 Å². The zero-order valence-electron chi connectivity index (χ0n) is 18.9. The highest BCUT2D eigenvalue weighted by atomic mass is 16.2. The highest BCUT2D eigenvalue weighted by Crippen LogP contribution is 2.26. The van der Waals surface area contributed by atoms with Crippen molar-refractivity contribution in [2.75, 3.05) is 6.54 Å². The van der Waals surface area contributed by atoms with Gasteiger partial charge in [-0.05, 0) is 12.0 Å². The molecule has 33 heavy (non-hydrogen) atoms. The molecule has 0 spiro atoms. The smallest absolute Gasteiger partial charge is 0.280 e. The summed E-state index contributed by atoms with van der Waals surface area (Å²) >= 11 is 0. The minimum atomic E-state index is -0.198. The highest BCUT2D eigenvalue weighted by molar-refractivity contribution is 5.97. The second kappa shape index (κ2) is 9.06. The van der Waals surface area contributed by atoms with Crippen LogP contribution in [0.5, 0.6) is 0 Å². The van der Waals surface area contributed by atoms with E-state index < -0.39 is 0 Å². The van der Waals surface area contributed by atoms with Crippen molar-refractivity contribution in [3.8, 4) is 11.3 Å². The first-order valence-electron chi connectivity index (χ1n) is 11.7. The molecule has 2 aromatic carbocycles. The van der Waals surface area contributed by atoms with Crippen molar-refractivity contribution >= 4 is 11.6 Å². The fourth-order valence-corrected chi connectivity index (χ4v) is 4.61. The van der Waals surface area contributed by atoms with Crippen LogP contribution in [0.3, 0.4) is 0 Å². The Balaban J connectivity index is 1.62. The zero-order chi connectivity index (χ0) is 22.8. The minimum Gasteiger partial charge on any atom is -0.333 e. The minimum absolute atomic E-state index is 0.0560. The van der Waals surface area contributed by atoms with Crippen molar-refractivity contribution in [2.24, 2.45) is 0 Å². The average Bonchev–Trinajstić information content (AvgIpc) is 3.44. The molecule has 1 aliphatic heterocycles. The van der Waals surface area contributed by atoms with E-state index in [0.29, 0.717) is 36.5 Å². The number of amides is 1. The largest absolute Gasteiger partial charge is 0.333 e. The summed E-state index contributed by atoms with van der Waals surface area (Å²) in [5.74, 6) is -0.0560. The Labute approximate surface area is 193 Å². The fourth-order valence-electron chi connectivity index (χ4n) is 4.61. The molecule has 2 aromatic heterocycles. The Kier molecular flexibility index (Phi) is 5.82. The summed E-state index contributed by atoms with van der Waals surface area (Å²) in [6.07, 6.45) is 4.35. The Hall–Kier alpha value is -3.67. The molecule has 0 aliphatic carbocycles. The maximum absolute atomic E-state index is 13.5. The Morgan fingerprint density at radius 2 is 1.64 bits per heavy atom. The van der Waals surface area contributed by atoms with Gasteiger partial charge in [0.15, 0.2) is 0 Å². The molecule has 1 aliphatic rings. The predicted octanol–water partition coefficient (Wildman–Crippen LogP) is 4.75. The predicted molar refractivity (Wildman–Crippen MR) is 129 cm³/mol. The molecule has 0 fully saturated rings. The molecule has 0 unspecified atom stereocenters. The number of hydrogen-bond acceptors (Lipinski definition) is 3. The normalized spacial score (nSPS) is 13.1. The van der Waals surface area contributed by atoms with Gasteiger partial charge in [-0.15, -0.1) is 0 Å². The third-order valence-electron chi connectivity index (χ3n) is 6.35. The van der Waals surface area contributed by atoms with E-state index in [1.165, 1.54) is 4.52 Å². The van der Waals surface area contributed by atoms with Gasteiger partial charge in [-0.1, -0.05) is 86.8 Å². The van der Waals surface area contributed by atoms with Crippen LogP contribution in [0.15, 0.2) is 71.5 Å². The molecular formula is C27H28N4O2. The number of rotatable bonds is 8. The number of carbonyl (C=O) groups excluding carboxylic acids is 1. The molecule has 3 heterocycles. The second-order valence-electron chi connectivity index (χ2n) is 8.66. The van der Waals surface area contributed by atoms with Crippen molar-refractivity contribution < 1.29 is 4.79 Å². The van der Waals surface area contributed by atoms with Crippen molar-refractivity contribution in [3.05, 3.63) is 93.9 Å². The maximum Gasteiger partial charge on any atom is 0.280 e. The lowest BCUT2D eigenvalue weighted by Crippen LogP contribution is -2.27. The van der Waals surface area contributed by atoms with Crippen LogP contribution in [0, 0.1) is 0 Å². The molecule has 0 saturated heterocycles. The number of benzene rings is 2. The van der Waals surface area contributed by atoms with E-state index >= 15 is 0 Å². The number of fused-ring (bicyclic) bond motifs is 2. The summed E-state index contributed by atoms with van der Waals surface area (Å²) in [4.78, 5) is 28.7. The lowest BCUT2D eigenvalue weighted by Gasteiger charge is -2.16. The monoisotopic (exact) mass is 440 g/mol. The van der Waals surface area contributed by atoms with Gasteiger partial charge in [-0.2, -0.15) is 9.61 Å². The zero-order valence-corrected chi connectivity index (χ0v) is 18.9. The van der Waals surface area contributed by atoms with Crippen LogP contribution in [0.4, 0.5) is 0 Å². The number of hydrogen-bond donors (Lipinski definition) is 0. The third kappa shape index (κ3) is 3.97. The van der Waals surface area contributed by atoms with Gasteiger partial charge in [0.1, 0.15) is 11.3 Å². The molecule has 6 nitrogen and oxygen atoms in total. The van der Waals surface area contributed by atoms with Gasteiger partial charge < -0.3 is 9.47 Å². The lowest BCUT2D eigenvalue weighted by molar-refractivity contribution is 0.0767. The molecule has 4 aromatic rings. The molecule has 0 bridgehead atoms. The van der Waals surface area contributed by atoms with Crippen LogP contribution in [0.2, 0.25) is 0 Å². The number of carbonyl (C=O) groups is 1. The van der Waals surface area contributed by atoms with Crippen LogP contribution in [0.1, 0.15) is 54.2 Å². The third-order valence-corrected chi connectivity index (χ3v) is 6.35. The van der Waals surface area contributed by atoms with Gasteiger partial charge in [-0.3, -0.25) is 9.59 Å². The molecule has 0 atom stereocenters. The summed E-state index contributed by atoms with van der Waals surface area (Å²) in [5.41, 5.74) is 4.23. The van der Waals surface area contributed by atoms with Gasteiger partial charge in [0.05, 0.1) is 17.8 Å². The van der Waals surface area contributed by atoms with Crippen LogP contribution >= 0.6 is 0 Å². The summed E-state index contributed by atoms with van der Waals surface area (Å²) in [5, 5.41) is 4.65. The van der Waals surface area contributed by atoms with Gasteiger partial charge in [-0.25, -0.2) is 0 Å². The molecule has 6 heteroatoms. The molecule has 168 valence electrons. The van der Waals surface area contributed by atoms with Crippen LogP contribution in [-0.2, 0) is 13.1 Å². The van der Waals surface area contributed by atoms with Crippen molar-refractivity contribution in [1.82, 2.24) is 19.1 Å². The topological polar surface area (TPSA) is 59.6 Å². The fraction of sp³-hybridized carbons (Fsp3) is 0.296. The molecule has 1 amide bonds. The van der Waals surface area contributed by atoms with Crippen LogP contribution in [0.25, 0.3) is 16.9 Å². The molecule has 5 rings (SSSR count). The molecular weight excluding hydrogens is 412 g/mol. The van der Waals surface area contributed by atoms with E-state index in [-0.39, 0.29) is 11.5 Å². The average molecular weight is 441 g/mol. The summed E-state index contributed by atoms with van der Waals surface area (Å²) in [6, 6.07) is 21.8. The van der Waals surface area contributed by atoms with E-state index in [4.69, 9.17) is 0 Å². The molecule has 0 saturated carbocycles. The van der Waals surface area contributed by atoms with Crippen molar-refractivity contribution in [1.29, 1.82) is 0 Å². The van der Waals surface area contributed by atoms with Gasteiger partial charge in [0, 0.05) is 24.7 Å². The van der Waals surface area contributed by atoms with E-state index in [9.17, 15) is 9.59 Å². The number of unbranched alkanes of at least 4 members (excludes halogenated alkanes) is 3. The first-order valence-corrected chi connectivity index (χ1v) is 11.7. The van der Waals surface area contributed by atoms with Crippen LogP contribution < -0.4 is 5.56 Å². The first kappa shape index (κ1) is 21.2. The second-order valence-corrected chi connectivity index (χ2v) is 8.66. The molecule has 0 radical (unpaired) electrons. The highest BCUT2D eigenvalue weighted by Gasteiger charge is 2.34. The lowest BCUT2D eigenvalue weighted by atomic mass is 10.1. The SMILES string of the molecule is CCCCCCN1Cc2c(n(Cc3ccccc3)c3cc(-c4ccccc4)nn3c2=O)C1=O. The van der Waals surface area contributed by atoms with E-state index in [1.807, 2.05) is 76.2 Å². The summed E-state index contributed by atoms with van der Waals surface area (Å²) < 4.78 is 3.44. The Morgan fingerprint density at radius 1 is 0.909 bits per heavy atom. The summed E-state index contributed by atoms with van der Waals surface area (Å²) in [6.45, 7) is 3.70.